The number of hydrogen-bond donors (Lipinski definition) is 3. The summed E-state index contributed by atoms with van der Waals surface area (Å²) in [6, 6.07) is 28.6. The number of nitrogens with zero attached hydrogens (tertiary/aromatic N) is 4. The van der Waals surface area contributed by atoms with Gasteiger partial charge in [-0.05, 0) is 59.9 Å². The van der Waals surface area contributed by atoms with Gasteiger partial charge in [0.25, 0.3) is 0 Å². The third-order valence-corrected chi connectivity index (χ3v) is 9.19. The standard InChI is InChI=1S/C39H45N7O2/c1-29(47)44-38(24-32-26-43-37-14-3-2-13-36(32)37)39(48)45-21-16-35(17-22-45)46(20-15-33-11-4-6-18-41-33)28-31-10-8-9-30(23-31)25-40-27-34-12-5-7-19-42-34/h2-14,18-19,23,26,35,38,40,43H,15-17,20-22,24-25,27-28H2,1H3,(H,44,47). The summed E-state index contributed by atoms with van der Waals surface area (Å²) in [4.78, 5) is 42.8. The maximum absolute atomic E-state index is 13.9. The Kier molecular flexibility index (Phi) is 11.2. The number of nitrogens with one attached hydrogen (secondary N) is 3. The van der Waals surface area contributed by atoms with Crippen molar-refractivity contribution >= 4 is 22.7 Å². The van der Waals surface area contributed by atoms with E-state index in [-0.39, 0.29) is 11.8 Å². The molecule has 6 rings (SSSR count). The van der Waals surface area contributed by atoms with Gasteiger partial charge in [-0.15, -0.1) is 0 Å². The van der Waals surface area contributed by atoms with Gasteiger partial charge in [0.2, 0.25) is 11.8 Å². The molecule has 3 N–H and O–H groups in total. The van der Waals surface area contributed by atoms with E-state index in [9.17, 15) is 9.59 Å². The van der Waals surface area contributed by atoms with E-state index in [1.807, 2.05) is 72.0 Å². The highest BCUT2D eigenvalue weighted by Crippen LogP contribution is 2.23. The molecule has 2 aromatic carbocycles. The molecule has 0 bridgehead atoms. The second kappa shape index (κ2) is 16.3. The van der Waals surface area contributed by atoms with Gasteiger partial charge in [-0.25, -0.2) is 0 Å². The molecule has 3 aromatic heterocycles. The summed E-state index contributed by atoms with van der Waals surface area (Å²) in [6.07, 6.45) is 8.69. The van der Waals surface area contributed by atoms with Gasteiger partial charge in [0, 0.05) is 100 Å². The number of carbonyl (C=O) groups is 2. The molecule has 48 heavy (non-hydrogen) atoms. The number of piperidine rings is 1. The zero-order valence-electron chi connectivity index (χ0n) is 27.6. The molecule has 1 aliphatic rings. The molecule has 0 aliphatic carbocycles. The molecular formula is C39H45N7O2. The van der Waals surface area contributed by atoms with Crippen molar-refractivity contribution < 1.29 is 9.59 Å². The Labute approximate surface area is 282 Å². The van der Waals surface area contributed by atoms with Crippen LogP contribution < -0.4 is 10.6 Å². The highest BCUT2D eigenvalue weighted by atomic mass is 16.2. The van der Waals surface area contributed by atoms with Crippen molar-refractivity contribution in [3.05, 3.63) is 132 Å². The summed E-state index contributed by atoms with van der Waals surface area (Å²) >= 11 is 0. The fourth-order valence-electron chi connectivity index (χ4n) is 6.74. The molecular weight excluding hydrogens is 598 g/mol. The van der Waals surface area contributed by atoms with Gasteiger partial charge < -0.3 is 20.5 Å². The first kappa shape index (κ1) is 33.1. The molecule has 9 nitrogen and oxygen atoms in total. The van der Waals surface area contributed by atoms with Gasteiger partial charge in [-0.1, -0.05) is 54.6 Å². The van der Waals surface area contributed by atoms with Crippen LogP contribution in [0.5, 0.6) is 0 Å². The van der Waals surface area contributed by atoms with Gasteiger partial charge >= 0.3 is 0 Å². The van der Waals surface area contributed by atoms with Crippen LogP contribution in [0.15, 0.2) is 104 Å². The van der Waals surface area contributed by atoms with E-state index in [1.165, 1.54) is 18.1 Å². The molecule has 1 atom stereocenters. The number of benzene rings is 2. The van der Waals surface area contributed by atoms with Crippen LogP contribution in [-0.4, -0.2) is 68.3 Å². The number of aromatic amines is 1. The van der Waals surface area contributed by atoms with Crippen molar-refractivity contribution in [1.82, 2.24) is 35.4 Å². The Bertz CT molecular complexity index is 1770. The number of fused-ring (bicyclic) bond motifs is 1. The second-order valence-electron chi connectivity index (χ2n) is 12.7. The van der Waals surface area contributed by atoms with E-state index in [0.717, 1.165) is 73.3 Å². The molecule has 0 spiro atoms. The molecule has 2 amide bonds. The first-order valence-corrected chi connectivity index (χ1v) is 16.9. The van der Waals surface area contributed by atoms with Crippen molar-refractivity contribution in [3.63, 3.8) is 0 Å². The van der Waals surface area contributed by atoms with Gasteiger partial charge in [0.15, 0.2) is 0 Å². The lowest BCUT2D eigenvalue weighted by Crippen LogP contribution is -2.53. The molecule has 248 valence electrons. The predicted octanol–water partition coefficient (Wildman–Crippen LogP) is 5.03. The Morgan fingerprint density at radius 2 is 1.62 bits per heavy atom. The fourth-order valence-corrected chi connectivity index (χ4v) is 6.74. The topological polar surface area (TPSA) is 106 Å². The molecule has 1 unspecified atom stereocenters. The van der Waals surface area contributed by atoms with Crippen LogP contribution in [0.4, 0.5) is 0 Å². The maximum atomic E-state index is 13.9. The minimum absolute atomic E-state index is 0.0140. The number of hydrogen-bond acceptors (Lipinski definition) is 6. The summed E-state index contributed by atoms with van der Waals surface area (Å²) in [5.41, 5.74) is 6.68. The lowest BCUT2D eigenvalue weighted by molar-refractivity contribution is -0.137. The molecule has 9 heteroatoms. The Morgan fingerprint density at radius 1 is 0.896 bits per heavy atom. The smallest absolute Gasteiger partial charge is 0.245 e. The van der Waals surface area contributed by atoms with Crippen LogP contribution in [0.3, 0.4) is 0 Å². The number of para-hydroxylation sites is 1. The Morgan fingerprint density at radius 3 is 2.38 bits per heavy atom. The van der Waals surface area contributed by atoms with E-state index in [4.69, 9.17) is 0 Å². The molecule has 4 heterocycles. The summed E-state index contributed by atoms with van der Waals surface area (Å²) < 4.78 is 0. The number of amides is 2. The van der Waals surface area contributed by atoms with Gasteiger partial charge in [-0.3, -0.25) is 24.5 Å². The highest BCUT2D eigenvalue weighted by Gasteiger charge is 2.31. The number of rotatable bonds is 14. The highest BCUT2D eigenvalue weighted by molar-refractivity contribution is 5.89. The van der Waals surface area contributed by atoms with Crippen LogP contribution in [-0.2, 0) is 42.1 Å². The lowest BCUT2D eigenvalue weighted by Gasteiger charge is -2.39. The predicted molar refractivity (Wildman–Crippen MR) is 189 cm³/mol. The molecule has 1 aliphatic heterocycles. The minimum Gasteiger partial charge on any atom is -0.361 e. The van der Waals surface area contributed by atoms with E-state index in [1.54, 1.807) is 0 Å². The molecule has 0 saturated carbocycles. The summed E-state index contributed by atoms with van der Waals surface area (Å²) in [5, 5.41) is 7.54. The minimum atomic E-state index is -0.604. The second-order valence-corrected chi connectivity index (χ2v) is 12.7. The number of pyridine rings is 2. The summed E-state index contributed by atoms with van der Waals surface area (Å²) in [7, 11) is 0. The lowest BCUT2D eigenvalue weighted by atomic mass is 9.98. The first-order valence-electron chi connectivity index (χ1n) is 16.9. The number of aromatic nitrogens is 3. The maximum Gasteiger partial charge on any atom is 0.245 e. The average Bonchev–Trinajstić information content (AvgIpc) is 3.53. The number of H-pyrrole nitrogens is 1. The van der Waals surface area contributed by atoms with E-state index in [2.05, 4.69) is 66.9 Å². The molecule has 1 saturated heterocycles. The monoisotopic (exact) mass is 643 g/mol. The van der Waals surface area contributed by atoms with Crippen molar-refractivity contribution in [3.8, 4) is 0 Å². The van der Waals surface area contributed by atoms with Gasteiger partial charge in [-0.2, -0.15) is 0 Å². The van der Waals surface area contributed by atoms with Crippen LogP contribution in [0.2, 0.25) is 0 Å². The van der Waals surface area contributed by atoms with Crippen molar-refractivity contribution in [1.29, 1.82) is 0 Å². The largest absolute Gasteiger partial charge is 0.361 e. The Balaban J connectivity index is 1.10. The number of carbonyl (C=O) groups excluding carboxylic acids is 2. The molecule has 5 aromatic rings. The van der Waals surface area contributed by atoms with Crippen molar-refractivity contribution in [2.45, 2.75) is 64.3 Å². The van der Waals surface area contributed by atoms with Gasteiger partial charge in [0.1, 0.15) is 6.04 Å². The summed E-state index contributed by atoms with van der Waals surface area (Å²) in [5.74, 6) is -0.210. The normalized spacial score (nSPS) is 14.3. The molecule has 1 fully saturated rings. The van der Waals surface area contributed by atoms with Crippen molar-refractivity contribution in [2.24, 2.45) is 0 Å². The quantitative estimate of drug-likeness (QED) is 0.157. The van der Waals surface area contributed by atoms with Crippen LogP contribution in [0.25, 0.3) is 10.9 Å². The summed E-state index contributed by atoms with van der Waals surface area (Å²) in [6.45, 7) is 6.00. The average molecular weight is 644 g/mol. The van der Waals surface area contributed by atoms with E-state index < -0.39 is 6.04 Å². The van der Waals surface area contributed by atoms with E-state index >= 15 is 0 Å². The number of likely N-dealkylation sites (tertiary alicyclic amines) is 1. The third-order valence-electron chi connectivity index (χ3n) is 9.19. The SMILES string of the molecule is CC(=O)NC(Cc1c[nH]c2ccccc12)C(=O)N1CCC(N(CCc2ccccn2)Cc2cccc(CNCc3ccccn3)c2)CC1. The van der Waals surface area contributed by atoms with Crippen LogP contribution >= 0.6 is 0 Å². The molecule has 0 radical (unpaired) electrons. The van der Waals surface area contributed by atoms with Gasteiger partial charge in [0.05, 0.1) is 5.69 Å². The van der Waals surface area contributed by atoms with Crippen molar-refractivity contribution in [2.75, 3.05) is 19.6 Å². The first-order chi connectivity index (χ1) is 23.5. The zero-order valence-corrected chi connectivity index (χ0v) is 27.6. The third kappa shape index (κ3) is 8.93. The zero-order chi connectivity index (χ0) is 33.1. The fraction of sp³-hybridized carbons (Fsp3) is 0.333. The van der Waals surface area contributed by atoms with E-state index in [0.29, 0.717) is 25.6 Å². The Hall–Kier alpha value is -4.86. The van der Waals surface area contributed by atoms with Crippen LogP contribution in [0.1, 0.15) is 47.8 Å². The van der Waals surface area contributed by atoms with Crippen LogP contribution in [0, 0.1) is 0 Å².